The molecule has 0 atom stereocenters. The Morgan fingerprint density at radius 3 is 0.633 bits per heavy atom. The second kappa shape index (κ2) is 10.7. The predicted molar refractivity (Wildman–Crippen MR) is 139 cm³/mol. The molecule has 0 heterocycles. The molecule has 0 spiro atoms. The summed E-state index contributed by atoms with van der Waals surface area (Å²) in [6.45, 7) is -5.02. The normalized spacial score (nSPS) is 11.3. The molecular formula is C24H20Cl4Si2. The SMILES string of the molecule is Cl[Si](Cl)(c1ccccc1)c1ccccc1.Cl[Si](Cl)(c1ccccc1)c1ccccc1. The van der Waals surface area contributed by atoms with E-state index in [0.29, 0.717) is 0 Å². The van der Waals surface area contributed by atoms with E-state index in [1.165, 1.54) is 0 Å². The van der Waals surface area contributed by atoms with Crippen LogP contribution in [0.1, 0.15) is 0 Å². The molecule has 0 amide bonds. The van der Waals surface area contributed by atoms with Gasteiger partial charge in [-0.15, -0.1) is 44.3 Å². The van der Waals surface area contributed by atoms with Crippen molar-refractivity contribution in [1.29, 1.82) is 0 Å². The van der Waals surface area contributed by atoms with Crippen molar-refractivity contribution in [3.05, 3.63) is 121 Å². The summed E-state index contributed by atoms with van der Waals surface area (Å²) in [6.07, 6.45) is 0. The molecule has 4 aromatic rings. The highest BCUT2D eigenvalue weighted by atomic mass is 35.7. The fourth-order valence-electron chi connectivity index (χ4n) is 2.92. The van der Waals surface area contributed by atoms with E-state index in [0.717, 1.165) is 20.7 Å². The van der Waals surface area contributed by atoms with E-state index in [1.807, 2.05) is 121 Å². The Morgan fingerprint density at radius 1 is 0.300 bits per heavy atom. The highest BCUT2D eigenvalue weighted by molar-refractivity contribution is 7.56. The first-order valence-corrected chi connectivity index (χ1v) is 17.4. The van der Waals surface area contributed by atoms with Gasteiger partial charge < -0.3 is 0 Å². The molecule has 152 valence electrons. The average Bonchev–Trinajstić information content (AvgIpc) is 2.82. The van der Waals surface area contributed by atoms with Crippen molar-refractivity contribution in [2.75, 3.05) is 0 Å². The third-order valence-electron chi connectivity index (χ3n) is 4.55. The minimum Gasteiger partial charge on any atom is -0.134 e. The summed E-state index contributed by atoms with van der Waals surface area (Å²) in [5.74, 6) is 0. The summed E-state index contributed by atoms with van der Waals surface area (Å²) in [5, 5.41) is 4.11. The predicted octanol–water partition coefficient (Wildman–Crippen LogP) is 5.44. The van der Waals surface area contributed by atoms with Crippen LogP contribution in [0.3, 0.4) is 0 Å². The highest BCUT2D eigenvalue weighted by Crippen LogP contribution is 2.15. The molecule has 0 aliphatic rings. The summed E-state index contributed by atoms with van der Waals surface area (Å²) in [7, 11) is 0. The van der Waals surface area contributed by atoms with E-state index < -0.39 is 13.4 Å². The van der Waals surface area contributed by atoms with Gasteiger partial charge in [-0.25, -0.2) is 0 Å². The molecular weight excluding hydrogens is 486 g/mol. The first kappa shape index (κ1) is 23.1. The van der Waals surface area contributed by atoms with Crippen LogP contribution >= 0.6 is 44.3 Å². The fraction of sp³-hybridized carbons (Fsp3) is 0. The van der Waals surface area contributed by atoms with Crippen molar-refractivity contribution in [3.63, 3.8) is 0 Å². The lowest BCUT2D eigenvalue weighted by molar-refractivity contribution is 1.74. The van der Waals surface area contributed by atoms with Crippen molar-refractivity contribution >= 4 is 78.4 Å². The molecule has 0 saturated heterocycles. The largest absolute Gasteiger partial charge is 0.310 e. The molecule has 0 N–H and O–H groups in total. The zero-order valence-electron chi connectivity index (χ0n) is 16.1. The van der Waals surface area contributed by atoms with Gasteiger partial charge in [-0.3, -0.25) is 0 Å². The van der Waals surface area contributed by atoms with Gasteiger partial charge in [0.25, 0.3) is 0 Å². The van der Waals surface area contributed by atoms with Crippen molar-refractivity contribution in [3.8, 4) is 0 Å². The molecule has 0 saturated carbocycles. The Labute approximate surface area is 198 Å². The lowest BCUT2D eigenvalue weighted by atomic mass is 10.4. The first-order chi connectivity index (χ1) is 14.4. The van der Waals surface area contributed by atoms with Gasteiger partial charge in [0.1, 0.15) is 0 Å². The van der Waals surface area contributed by atoms with Crippen LogP contribution < -0.4 is 20.7 Å². The number of hydrogen-bond acceptors (Lipinski definition) is 0. The minimum atomic E-state index is -2.51. The van der Waals surface area contributed by atoms with E-state index in [2.05, 4.69) is 0 Å². The van der Waals surface area contributed by atoms with Gasteiger partial charge in [0, 0.05) is 0 Å². The molecule has 0 fully saturated rings. The Kier molecular flexibility index (Phi) is 8.23. The van der Waals surface area contributed by atoms with Crippen molar-refractivity contribution in [2.24, 2.45) is 0 Å². The zero-order chi connectivity index (χ0) is 21.5. The van der Waals surface area contributed by atoms with Crippen LogP contribution in [0, 0.1) is 0 Å². The minimum absolute atomic E-state index is 1.03. The lowest BCUT2D eigenvalue weighted by Crippen LogP contribution is -2.48. The van der Waals surface area contributed by atoms with E-state index in [9.17, 15) is 0 Å². The van der Waals surface area contributed by atoms with Crippen LogP contribution in [-0.4, -0.2) is 13.4 Å². The monoisotopic (exact) mass is 504 g/mol. The Morgan fingerprint density at radius 2 is 0.467 bits per heavy atom. The lowest BCUT2D eigenvalue weighted by Gasteiger charge is -2.17. The van der Waals surface area contributed by atoms with Gasteiger partial charge in [0.05, 0.1) is 0 Å². The molecule has 0 aliphatic carbocycles. The molecule has 0 nitrogen and oxygen atoms in total. The molecule has 0 radical (unpaired) electrons. The fourth-order valence-corrected chi connectivity index (χ4v) is 9.06. The number of halogens is 4. The van der Waals surface area contributed by atoms with E-state index >= 15 is 0 Å². The van der Waals surface area contributed by atoms with Crippen molar-refractivity contribution < 1.29 is 0 Å². The van der Waals surface area contributed by atoms with Gasteiger partial charge in [0.2, 0.25) is 0 Å². The maximum Gasteiger partial charge on any atom is 0.310 e. The molecule has 6 heteroatoms. The van der Waals surface area contributed by atoms with Gasteiger partial charge in [-0.1, -0.05) is 121 Å². The van der Waals surface area contributed by atoms with E-state index in [-0.39, 0.29) is 0 Å². The number of rotatable bonds is 4. The van der Waals surface area contributed by atoms with Gasteiger partial charge in [0.15, 0.2) is 0 Å². The maximum atomic E-state index is 6.49. The summed E-state index contributed by atoms with van der Waals surface area (Å²) in [4.78, 5) is 0. The first-order valence-electron chi connectivity index (χ1n) is 9.40. The van der Waals surface area contributed by atoms with Crippen LogP contribution in [0.2, 0.25) is 0 Å². The topological polar surface area (TPSA) is 0 Å². The molecule has 4 aromatic carbocycles. The van der Waals surface area contributed by atoms with Crippen molar-refractivity contribution in [2.45, 2.75) is 0 Å². The van der Waals surface area contributed by atoms with Crippen LogP contribution in [-0.2, 0) is 0 Å². The second-order valence-electron chi connectivity index (χ2n) is 6.61. The molecule has 0 unspecified atom stereocenters. The average molecular weight is 506 g/mol. The number of hydrogen-bond donors (Lipinski definition) is 0. The molecule has 30 heavy (non-hydrogen) atoms. The van der Waals surface area contributed by atoms with Crippen molar-refractivity contribution in [1.82, 2.24) is 0 Å². The summed E-state index contributed by atoms with van der Waals surface area (Å²) in [5.41, 5.74) is 0. The van der Waals surface area contributed by atoms with Crippen LogP contribution in [0.5, 0.6) is 0 Å². The summed E-state index contributed by atoms with van der Waals surface area (Å²) in [6, 6.07) is 39.4. The standard InChI is InChI=1S/2C12H10Cl2Si/c2*13-15(14,11-7-3-1-4-8-11)12-9-5-2-6-10-12/h2*1-10H. The third kappa shape index (κ3) is 5.79. The van der Waals surface area contributed by atoms with E-state index in [1.54, 1.807) is 0 Å². The van der Waals surface area contributed by atoms with E-state index in [4.69, 9.17) is 44.3 Å². The molecule has 4 rings (SSSR count). The summed E-state index contributed by atoms with van der Waals surface area (Å²) >= 11 is 26.0. The quantitative estimate of drug-likeness (QED) is 0.256. The smallest absolute Gasteiger partial charge is 0.134 e. The van der Waals surface area contributed by atoms with Crippen LogP contribution in [0.15, 0.2) is 121 Å². The zero-order valence-corrected chi connectivity index (χ0v) is 21.1. The van der Waals surface area contributed by atoms with Gasteiger partial charge in [-0.2, -0.15) is 0 Å². The van der Waals surface area contributed by atoms with Crippen LogP contribution in [0.4, 0.5) is 0 Å². The van der Waals surface area contributed by atoms with Crippen LogP contribution in [0.25, 0.3) is 0 Å². The summed E-state index contributed by atoms with van der Waals surface area (Å²) < 4.78 is 0. The Bertz CT molecular complexity index is 856. The van der Waals surface area contributed by atoms with Gasteiger partial charge >= 0.3 is 13.4 Å². The number of benzene rings is 4. The molecule has 0 aliphatic heterocycles. The highest BCUT2D eigenvalue weighted by Gasteiger charge is 2.33. The third-order valence-corrected chi connectivity index (χ3v) is 14.0. The second-order valence-corrected chi connectivity index (χ2v) is 19.2. The molecule has 0 bridgehead atoms. The molecule has 0 aromatic heterocycles. The van der Waals surface area contributed by atoms with Gasteiger partial charge in [-0.05, 0) is 20.7 Å². The Hall–Kier alpha value is -1.53. The Balaban J connectivity index is 0.000000171. The maximum absolute atomic E-state index is 6.49.